The van der Waals surface area contributed by atoms with Gasteiger partial charge in [0.05, 0.1) is 0 Å². The predicted molar refractivity (Wildman–Crippen MR) is 72.1 cm³/mol. The molecule has 4 nitrogen and oxygen atoms in total. The number of nitrogens with one attached hydrogen (secondary N) is 1. The summed E-state index contributed by atoms with van der Waals surface area (Å²) in [6.45, 7) is 10.0. The smallest absolute Gasteiger partial charge is 0.225 e. The number of piperidine rings is 1. The Hall–Kier alpha value is -1.06. The van der Waals surface area contributed by atoms with Crippen molar-refractivity contribution in [1.29, 1.82) is 0 Å². The number of rotatable bonds is 3. The van der Waals surface area contributed by atoms with Crippen LogP contribution in [0.25, 0.3) is 0 Å². The molecule has 4 heteroatoms. The fourth-order valence-electron chi connectivity index (χ4n) is 1.96. The monoisotopic (exact) mass is 254 g/mol. The van der Waals surface area contributed by atoms with Crippen LogP contribution in [0.1, 0.15) is 47.0 Å². The van der Waals surface area contributed by atoms with E-state index < -0.39 is 0 Å². The first-order valence-corrected chi connectivity index (χ1v) is 6.87. The standard InChI is InChI=1S/C14H26N2O2/c1-11-6-9-16(10-7-11)12(17)5-8-15-13(18)14(2,3)4/h11H,5-10H2,1-4H3,(H,15,18). The van der Waals surface area contributed by atoms with E-state index in [0.29, 0.717) is 13.0 Å². The van der Waals surface area contributed by atoms with E-state index >= 15 is 0 Å². The lowest BCUT2D eigenvalue weighted by Crippen LogP contribution is -2.41. The zero-order valence-electron chi connectivity index (χ0n) is 12.1. The zero-order chi connectivity index (χ0) is 13.8. The van der Waals surface area contributed by atoms with Crippen LogP contribution in [0, 0.1) is 11.3 Å². The molecule has 0 saturated carbocycles. The minimum atomic E-state index is -0.385. The molecule has 2 amide bonds. The summed E-state index contributed by atoms with van der Waals surface area (Å²) in [5, 5.41) is 2.81. The molecular weight excluding hydrogens is 228 g/mol. The van der Waals surface area contributed by atoms with Crippen LogP contribution in [0.5, 0.6) is 0 Å². The topological polar surface area (TPSA) is 49.4 Å². The van der Waals surface area contributed by atoms with Crippen molar-refractivity contribution in [2.75, 3.05) is 19.6 Å². The molecule has 0 aromatic carbocycles. The van der Waals surface area contributed by atoms with Crippen molar-refractivity contribution in [1.82, 2.24) is 10.2 Å². The Labute approximate surface area is 110 Å². The van der Waals surface area contributed by atoms with Crippen LogP contribution >= 0.6 is 0 Å². The Balaban J connectivity index is 2.23. The van der Waals surface area contributed by atoms with Gasteiger partial charge < -0.3 is 10.2 Å². The molecule has 0 radical (unpaired) electrons. The molecule has 1 rings (SSSR count). The van der Waals surface area contributed by atoms with E-state index in [-0.39, 0.29) is 17.2 Å². The van der Waals surface area contributed by atoms with Crippen molar-refractivity contribution in [3.8, 4) is 0 Å². The Morgan fingerprint density at radius 2 is 1.78 bits per heavy atom. The molecular formula is C14H26N2O2. The first-order chi connectivity index (χ1) is 8.30. The average Bonchev–Trinajstić information content (AvgIpc) is 2.28. The summed E-state index contributed by atoms with van der Waals surface area (Å²) < 4.78 is 0. The lowest BCUT2D eigenvalue weighted by molar-refractivity contribution is -0.132. The van der Waals surface area contributed by atoms with Gasteiger partial charge in [0.1, 0.15) is 0 Å². The van der Waals surface area contributed by atoms with Crippen LogP contribution < -0.4 is 5.32 Å². The predicted octanol–water partition coefficient (Wildman–Crippen LogP) is 1.80. The van der Waals surface area contributed by atoms with Gasteiger partial charge in [0.25, 0.3) is 0 Å². The first-order valence-electron chi connectivity index (χ1n) is 6.87. The summed E-state index contributed by atoms with van der Waals surface area (Å²) in [5.74, 6) is 0.897. The van der Waals surface area contributed by atoms with Gasteiger partial charge in [-0.1, -0.05) is 27.7 Å². The van der Waals surface area contributed by atoms with Gasteiger partial charge in [-0.05, 0) is 18.8 Å². The van der Waals surface area contributed by atoms with Gasteiger partial charge in [0.2, 0.25) is 11.8 Å². The molecule has 104 valence electrons. The molecule has 1 heterocycles. The molecule has 0 aromatic rings. The normalized spacial score (nSPS) is 17.7. The van der Waals surface area contributed by atoms with E-state index in [0.717, 1.165) is 31.8 Å². The van der Waals surface area contributed by atoms with E-state index in [9.17, 15) is 9.59 Å². The van der Waals surface area contributed by atoms with Gasteiger partial charge in [-0.25, -0.2) is 0 Å². The van der Waals surface area contributed by atoms with Crippen molar-refractivity contribution < 1.29 is 9.59 Å². The fraction of sp³-hybridized carbons (Fsp3) is 0.857. The SMILES string of the molecule is CC1CCN(C(=O)CCNC(=O)C(C)(C)C)CC1. The van der Waals surface area contributed by atoms with Crippen molar-refractivity contribution in [3.05, 3.63) is 0 Å². The van der Waals surface area contributed by atoms with Gasteiger partial charge in [0.15, 0.2) is 0 Å². The molecule has 1 N–H and O–H groups in total. The summed E-state index contributed by atoms with van der Waals surface area (Å²) in [6, 6.07) is 0. The third kappa shape index (κ3) is 4.67. The van der Waals surface area contributed by atoms with Crippen LogP contribution in [0.3, 0.4) is 0 Å². The van der Waals surface area contributed by atoms with Crippen molar-refractivity contribution in [2.24, 2.45) is 11.3 Å². The van der Waals surface area contributed by atoms with Crippen LogP contribution in [0.15, 0.2) is 0 Å². The van der Waals surface area contributed by atoms with Crippen LogP contribution in [-0.2, 0) is 9.59 Å². The van der Waals surface area contributed by atoms with Gasteiger partial charge in [-0.3, -0.25) is 9.59 Å². The summed E-state index contributed by atoms with van der Waals surface area (Å²) in [6.07, 6.45) is 2.61. The highest BCUT2D eigenvalue weighted by Gasteiger charge is 2.22. The first kappa shape index (κ1) is 15.0. The van der Waals surface area contributed by atoms with Crippen LogP contribution in [0.2, 0.25) is 0 Å². The van der Waals surface area contributed by atoms with Crippen molar-refractivity contribution in [2.45, 2.75) is 47.0 Å². The summed E-state index contributed by atoms with van der Waals surface area (Å²) >= 11 is 0. The quantitative estimate of drug-likeness (QED) is 0.835. The number of likely N-dealkylation sites (tertiary alicyclic amines) is 1. The van der Waals surface area contributed by atoms with Crippen molar-refractivity contribution in [3.63, 3.8) is 0 Å². The Kier molecular flexibility index (Phi) is 5.17. The molecule has 18 heavy (non-hydrogen) atoms. The molecule has 1 fully saturated rings. The summed E-state index contributed by atoms with van der Waals surface area (Å²) in [5.41, 5.74) is -0.385. The van der Waals surface area contributed by atoms with Gasteiger partial charge in [-0.15, -0.1) is 0 Å². The lowest BCUT2D eigenvalue weighted by Gasteiger charge is -2.30. The average molecular weight is 254 g/mol. The van der Waals surface area contributed by atoms with Gasteiger partial charge in [0, 0.05) is 31.5 Å². The molecule has 0 spiro atoms. The number of hydrogen-bond acceptors (Lipinski definition) is 2. The highest BCUT2D eigenvalue weighted by Crippen LogP contribution is 2.16. The second-order valence-corrected chi connectivity index (χ2v) is 6.32. The number of nitrogens with zero attached hydrogens (tertiary/aromatic N) is 1. The third-order valence-electron chi connectivity index (χ3n) is 3.44. The Bertz CT molecular complexity index is 299. The molecule has 0 unspecified atom stereocenters. The molecule has 1 aliphatic rings. The van der Waals surface area contributed by atoms with Crippen LogP contribution in [0.4, 0.5) is 0 Å². The number of carbonyl (C=O) groups is 2. The second-order valence-electron chi connectivity index (χ2n) is 6.32. The molecule has 0 aliphatic carbocycles. The van der Waals surface area contributed by atoms with E-state index in [4.69, 9.17) is 0 Å². The molecule has 0 bridgehead atoms. The number of amides is 2. The number of hydrogen-bond donors (Lipinski definition) is 1. The number of carbonyl (C=O) groups excluding carboxylic acids is 2. The van der Waals surface area contributed by atoms with Crippen LogP contribution in [-0.4, -0.2) is 36.3 Å². The maximum atomic E-state index is 11.9. The third-order valence-corrected chi connectivity index (χ3v) is 3.44. The van der Waals surface area contributed by atoms with E-state index in [1.807, 2.05) is 25.7 Å². The highest BCUT2D eigenvalue weighted by atomic mass is 16.2. The van der Waals surface area contributed by atoms with Gasteiger partial charge in [-0.2, -0.15) is 0 Å². The molecule has 0 atom stereocenters. The minimum absolute atomic E-state index is 0.00238. The van der Waals surface area contributed by atoms with E-state index in [1.165, 1.54) is 0 Å². The molecule has 1 saturated heterocycles. The largest absolute Gasteiger partial charge is 0.355 e. The Morgan fingerprint density at radius 1 is 1.22 bits per heavy atom. The molecule has 1 aliphatic heterocycles. The minimum Gasteiger partial charge on any atom is -0.355 e. The van der Waals surface area contributed by atoms with E-state index in [1.54, 1.807) is 0 Å². The second kappa shape index (κ2) is 6.21. The maximum Gasteiger partial charge on any atom is 0.225 e. The maximum absolute atomic E-state index is 11.9. The van der Waals surface area contributed by atoms with E-state index in [2.05, 4.69) is 12.2 Å². The Morgan fingerprint density at radius 3 is 2.28 bits per heavy atom. The fourth-order valence-corrected chi connectivity index (χ4v) is 1.96. The van der Waals surface area contributed by atoms with Gasteiger partial charge >= 0.3 is 0 Å². The zero-order valence-corrected chi connectivity index (χ0v) is 12.1. The van der Waals surface area contributed by atoms with Crippen molar-refractivity contribution >= 4 is 11.8 Å². The lowest BCUT2D eigenvalue weighted by atomic mass is 9.96. The summed E-state index contributed by atoms with van der Waals surface area (Å²) in [4.78, 5) is 25.5. The highest BCUT2D eigenvalue weighted by molar-refractivity contribution is 5.82. The summed E-state index contributed by atoms with van der Waals surface area (Å²) in [7, 11) is 0. The molecule has 0 aromatic heterocycles.